The first-order chi connectivity index (χ1) is 10.6. The zero-order valence-electron chi connectivity index (χ0n) is 16.0. The molecule has 0 atom stereocenters. The summed E-state index contributed by atoms with van der Waals surface area (Å²) in [4.78, 5) is 11.2. The van der Waals surface area contributed by atoms with Crippen LogP contribution in [0, 0.1) is 0 Å². The highest BCUT2D eigenvalue weighted by molar-refractivity contribution is 6.84. The van der Waals surface area contributed by atoms with Crippen molar-refractivity contribution in [3.8, 4) is 0 Å². The maximum absolute atomic E-state index is 11.2. The summed E-state index contributed by atoms with van der Waals surface area (Å²) in [5.41, 5.74) is 0.421. The molecule has 136 valence electrons. The minimum atomic E-state index is -1.61. The molecule has 0 radical (unpaired) electrons. The van der Waals surface area contributed by atoms with Crippen molar-refractivity contribution in [3.05, 3.63) is 12.2 Å². The normalized spacial score (nSPS) is 12.3. The van der Waals surface area contributed by atoms with Crippen molar-refractivity contribution in [2.45, 2.75) is 71.4 Å². The van der Waals surface area contributed by atoms with E-state index in [1.54, 1.807) is 6.92 Å². The van der Waals surface area contributed by atoms with Gasteiger partial charge in [0, 0.05) is 12.2 Å². The van der Waals surface area contributed by atoms with Crippen LogP contribution < -0.4 is 0 Å². The molecule has 0 aliphatic rings. The fourth-order valence-corrected chi connectivity index (χ4v) is 11.5. The quantitative estimate of drug-likeness (QED) is 0.206. The van der Waals surface area contributed by atoms with E-state index in [1.165, 1.54) is 18.9 Å². The van der Waals surface area contributed by atoms with Crippen LogP contribution in [0.25, 0.3) is 0 Å². The lowest BCUT2D eigenvalue weighted by atomic mass is 10.4. The third-order valence-electron chi connectivity index (χ3n) is 3.56. The molecule has 0 aromatic carbocycles. The fourth-order valence-electron chi connectivity index (χ4n) is 2.47. The van der Waals surface area contributed by atoms with Crippen molar-refractivity contribution < 1.29 is 18.4 Å². The minimum Gasteiger partial charge on any atom is -0.460 e. The predicted molar refractivity (Wildman–Crippen MR) is 102 cm³/mol. The molecule has 0 spiro atoms. The molecule has 6 heteroatoms. The van der Waals surface area contributed by atoms with Crippen molar-refractivity contribution >= 4 is 22.6 Å². The van der Waals surface area contributed by atoms with E-state index in [4.69, 9.17) is 13.6 Å². The number of hydrogen-bond acceptors (Lipinski definition) is 4. The highest BCUT2D eigenvalue weighted by Gasteiger charge is 2.31. The molecule has 0 aromatic rings. The average Bonchev–Trinajstić information content (AvgIpc) is 2.42. The number of unbranched alkanes of at least 4 members (excludes halogenated alkanes) is 1. The van der Waals surface area contributed by atoms with Crippen LogP contribution in [0.3, 0.4) is 0 Å². The first kappa shape index (κ1) is 22.6. The van der Waals surface area contributed by atoms with Gasteiger partial charge >= 0.3 is 5.97 Å². The maximum atomic E-state index is 11.2. The van der Waals surface area contributed by atoms with Gasteiger partial charge in [-0.1, -0.05) is 26.3 Å². The van der Waals surface area contributed by atoms with Gasteiger partial charge in [0.05, 0.1) is 6.61 Å². The Hall–Kier alpha value is -0.436. The molecular formula is C17H36O4Si2. The summed E-state index contributed by atoms with van der Waals surface area (Å²) in [6.07, 6.45) is 3.52. The van der Waals surface area contributed by atoms with Gasteiger partial charge in [-0.05, 0) is 51.6 Å². The standard InChI is InChI=1S/C17H36O4Si2/c1-8-9-14-22(4,5)21-23(6,7)15-10-11-19-12-13-20-17(18)16(2)3/h2,8-15H2,1,3-7H3. The number of hydrogen-bond donors (Lipinski definition) is 0. The SMILES string of the molecule is C=C(C)C(=O)OCCOCCC[Si](C)(C)O[Si](C)(C)CCCC. The molecular weight excluding hydrogens is 324 g/mol. The first-order valence-corrected chi connectivity index (χ1v) is 14.9. The molecule has 0 amide bonds. The Balaban J connectivity index is 3.81. The summed E-state index contributed by atoms with van der Waals surface area (Å²) < 4.78 is 17.1. The van der Waals surface area contributed by atoms with Crippen molar-refractivity contribution in [1.82, 2.24) is 0 Å². The summed E-state index contributed by atoms with van der Waals surface area (Å²) in [6, 6.07) is 2.37. The predicted octanol–water partition coefficient (Wildman–Crippen LogP) is 4.74. The molecule has 0 heterocycles. The summed E-state index contributed by atoms with van der Waals surface area (Å²) in [5.74, 6) is -0.352. The van der Waals surface area contributed by atoms with Crippen molar-refractivity contribution in [1.29, 1.82) is 0 Å². The van der Waals surface area contributed by atoms with Gasteiger partial charge in [-0.2, -0.15) is 0 Å². The molecule has 4 nitrogen and oxygen atoms in total. The summed E-state index contributed by atoms with van der Waals surface area (Å²) in [7, 11) is -3.11. The minimum absolute atomic E-state index is 0.292. The van der Waals surface area contributed by atoms with Gasteiger partial charge in [0.1, 0.15) is 6.61 Å². The van der Waals surface area contributed by atoms with Crippen LogP contribution in [-0.4, -0.2) is 42.4 Å². The van der Waals surface area contributed by atoms with Gasteiger partial charge in [-0.3, -0.25) is 0 Å². The van der Waals surface area contributed by atoms with Gasteiger partial charge < -0.3 is 13.6 Å². The Labute approximate surface area is 144 Å². The van der Waals surface area contributed by atoms with E-state index >= 15 is 0 Å². The fraction of sp³-hybridized carbons (Fsp3) is 0.824. The van der Waals surface area contributed by atoms with Crippen LogP contribution in [0.5, 0.6) is 0 Å². The van der Waals surface area contributed by atoms with Crippen molar-refractivity contribution in [2.24, 2.45) is 0 Å². The second-order valence-electron chi connectivity index (χ2n) is 7.36. The summed E-state index contributed by atoms with van der Waals surface area (Å²) >= 11 is 0. The Morgan fingerprint density at radius 3 is 2.04 bits per heavy atom. The lowest BCUT2D eigenvalue weighted by Crippen LogP contribution is -2.44. The molecule has 0 rings (SSSR count). The summed E-state index contributed by atoms with van der Waals surface area (Å²) in [6.45, 7) is 18.1. The third-order valence-corrected chi connectivity index (χ3v) is 11.1. The van der Waals surface area contributed by atoms with Gasteiger partial charge in [0.25, 0.3) is 0 Å². The molecule has 0 saturated carbocycles. The zero-order chi connectivity index (χ0) is 17.9. The second kappa shape index (κ2) is 11.2. The molecule has 0 fully saturated rings. The highest BCUT2D eigenvalue weighted by Crippen LogP contribution is 2.24. The molecule has 23 heavy (non-hydrogen) atoms. The third kappa shape index (κ3) is 12.6. The molecule has 0 N–H and O–H groups in total. The Bertz CT molecular complexity index is 368. The van der Waals surface area contributed by atoms with Crippen LogP contribution >= 0.6 is 0 Å². The van der Waals surface area contributed by atoms with Crippen LogP contribution in [0.1, 0.15) is 33.1 Å². The zero-order valence-corrected chi connectivity index (χ0v) is 18.0. The number of esters is 1. The summed E-state index contributed by atoms with van der Waals surface area (Å²) in [5, 5.41) is 0. The van der Waals surface area contributed by atoms with Crippen LogP contribution in [0.4, 0.5) is 0 Å². The number of carbonyl (C=O) groups is 1. The lowest BCUT2D eigenvalue weighted by Gasteiger charge is -2.34. The molecule has 0 aliphatic carbocycles. The van der Waals surface area contributed by atoms with E-state index < -0.39 is 16.6 Å². The molecule has 0 bridgehead atoms. The van der Waals surface area contributed by atoms with E-state index in [0.29, 0.717) is 25.4 Å². The van der Waals surface area contributed by atoms with Gasteiger partial charge in [-0.15, -0.1) is 0 Å². The molecule has 0 aromatic heterocycles. The number of carbonyl (C=O) groups excluding carboxylic acids is 1. The highest BCUT2D eigenvalue weighted by atomic mass is 28.4. The topological polar surface area (TPSA) is 44.8 Å². The Morgan fingerprint density at radius 2 is 1.52 bits per heavy atom. The van der Waals surface area contributed by atoms with E-state index in [-0.39, 0.29) is 5.97 Å². The van der Waals surface area contributed by atoms with Crippen molar-refractivity contribution in [2.75, 3.05) is 19.8 Å². The molecule has 0 saturated heterocycles. The van der Waals surface area contributed by atoms with E-state index in [9.17, 15) is 4.79 Å². The number of ether oxygens (including phenoxy) is 2. The van der Waals surface area contributed by atoms with E-state index in [2.05, 4.69) is 39.7 Å². The van der Waals surface area contributed by atoms with Crippen LogP contribution in [-0.2, 0) is 18.4 Å². The first-order valence-electron chi connectivity index (χ1n) is 8.70. The smallest absolute Gasteiger partial charge is 0.333 e. The molecule has 0 aliphatic heterocycles. The van der Waals surface area contributed by atoms with Gasteiger partial charge in [0.2, 0.25) is 0 Å². The lowest BCUT2D eigenvalue weighted by molar-refractivity contribution is -0.140. The van der Waals surface area contributed by atoms with Crippen molar-refractivity contribution in [3.63, 3.8) is 0 Å². The van der Waals surface area contributed by atoms with E-state index in [0.717, 1.165) is 12.5 Å². The Kier molecular flexibility index (Phi) is 11.0. The van der Waals surface area contributed by atoms with Gasteiger partial charge in [0.15, 0.2) is 16.6 Å². The Morgan fingerprint density at radius 1 is 0.957 bits per heavy atom. The van der Waals surface area contributed by atoms with Gasteiger partial charge in [-0.25, -0.2) is 4.79 Å². The molecule has 0 unspecified atom stereocenters. The monoisotopic (exact) mass is 360 g/mol. The average molecular weight is 361 g/mol. The maximum Gasteiger partial charge on any atom is 0.333 e. The largest absolute Gasteiger partial charge is 0.460 e. The second-order valence-corrected chi connectivity index (χ2v) is 16.2. The number of rotatable bonds is 13. The van der Waals surface area contributed by atoms with Crippen LogP contribution in [0.15, 0.2) is 12.2 Å². The van der Waals surface area contributed by atoms with Crippen LogP contribution in [0.2, 0.25) is 38.3 Å². The van der Waals surface area contributed by atoms with E-state index in [1.807, 2.05) is 0 Å².